The predicted octanol–water partition coefficient (Wildman–Crippen LogP) is 3.04. The van der Waals surface area contributed by atoms with Crippen LogP contribution < -0.4 is 0 Å². The minimum atomic E-state index is 0.131. The molecule has 1 aromatic heterocycles. The standard InChI is InChI=1S/C7H9INP/c1-10(8)6-7-4-2-3-5-9-7/h2-5H,6H2,1H3. The Bertz CT molecular complexity index is 188. The fourth-order valence-corrected chi connectivity index (χ4v) is 2.40. The highest BCUT2D eigenvalue weighted by molar-refractivity contribution is 14.2. The second-order valence-corrected chi connectivity index (χ2v) is 8.55. The lowest BCUT2D eigenvalue weighted by Gasteiger charge is -2.00. The van der Waals surface area contributed by atoms with Gasteiger partial charge in [-0.05, 0) is 24.4 Å². The lowest BCUT2D eigenvalue weighted by Crippen LogP contribution is -1.82. The van der Waals surface area contributed by atoms with Crippen LogP contribution in [0.3, 0.4) is 0 Å². The first-order valence-electron chi connectivity index (χ1n) is 3.06. The van der Waals surface area contributed by atoms with E-state index in [1.165, 1.54) is 5.69 Å². The molecular formula is C7H9INP. The molecule has 1 atom stereocenters. The van der Waals surface area contributed by atoms with Crippen LogP contribution in [0.2, 0.25) is 0 Å². The molecule has 1 heterocycles. The van der Waals surface area contributed by atoms with E-state index in [0.29, 0.717) is 0 Å². The van der Waals surface area contributed by atoms with Gasteiger partial charge in [0.05, 0.1) is 0 Å². The van der Waals surface area contributed by atoms with Crippen LogP contribution in [0, 0.1) is 0 Å². The van der Waals surface area contributed by atoms with E-state index in [4.69, 9.17) is 0 Å². The first-order valence-corrected chi connectivity index (χ1v) is 7.82. The number of aromatic nitrogens is 1. The largest absolute Gasteiger partial charge is 0.261 e. The van der Waals surface area contributed by atoms with Crippen LogP contribution in [-0.2, 0) is 6.16 Å². The number of pyridine rings is 1. The van der Waals surface area contributed by atoms with Crippen LogP contribution in [0.4, 0.5) is 0 Å². The lowest BCUT2D eigenvalue weighted by atomic mass is 10.4. The Hall–Kier alpha value is 0.310. The molecule has 1 aromatic rings. The van der Waals surface area contributed by atoms with E-state index in [1.54, 1.807) is 0 Å². The van der Waals surface area contributed by atoms with Gasteiger partial charge in [0.15, 0.2) is 0 Å². The van der Waals surface area contributed by atoms with Crippen molar-refractivity contribution in [3.8, 4) is 0 Å². The fraction of sp³-hybridized carbons (Fsp3) is 0.286. The summed E-state index contributed by atoms with van der Waals surface area (Å²) in [5, 5.41) is 0. The van der Waals surface area contributed by atoms with E-state index in [9.17, 15) is 0 Å². The van der Waals surface area contributed by atoms with Crippen molar-refractivity contribution in [2.75, 3.05) is 6.66 Å². The topological polar surface area (TPSA) is 12.9 Å². The summed E-state index contributed by atoms with van der Waals surface area (Å²) in [6.45, 7) is 2.25. The summed E-state index contributed by atoms with van der Waals surface area (Å²) in [5.74, 6) is 0. The third-order valence-electron chi connectivity index (χ3n) is 1.11. The highest BCUT2D eigenvalue weighted by Gasteiger charge is 1.96. The number of halogens is 1. The third kappa shape index (κ3) is 2.93. The minimum Gasteiger partial charge on any atom is -0.261 e. The summed E-state index contributed by atoms with van der Waals surface area (Å²) >= 11 is 2.47. The number of hydrogen-bond acceptors (Lipinski definition) is 1. The van der Waals surface area contributed by atoms with Gasteiger partial charge in [0.1, 0.15) is 0 Å². The van der Waals surface area contributed by atoms with Crippen LogP contribution >= 0.6 is 27.6 Å². The van der Waals surface area contributed by atoms with Gasteiger partial charge in [-0.15, -0.1) is 0 Å². The third-order valence-corrected chi connectivity index (χ3v) is 2.89. The molecular weight excluding hydrogens is 256 g/mol. The predicted molar refractivity (Wildman–Crippen MR) is 54.8 cm³/mol. The van der Waals surface area contributed by atoms with E-state index in [-0.39, 0.29) is 5.56 Å². The maximum atomic E-state index is 4.23. The van der Waals surface area contributed by atoms with Crippen LogP contribution in [0.5, 0.6) is 0 Å². The summed E-state index contributed by atoms with van der Waals surface area (Å²) in [7, 11) is 0. The first-order chi connectivity index (χ1) is 4.79. The highest BCUT2D eigenvalue weighted by atomic mass is 127. The molecule has 1 unspecified atom stereocenters. The fourth-order valence-electron chi connectivity index (χ4n) is 0.715. The monoisotopic (exact) mass is 265 g/mol. The molecule has 0 fully saturated rings. The number of rotatable bonds is 2. The molecule has 0 aliphatic heterocycles. The highest BCUT2D eigenvalue weighted by Crippen LogP contribution is 2.43. The molecule has 10 heavy (non-hydrogen) atoms. The van der Waals surface area contributed by atoms with E-state index >= 15 is 0 Å². The Balaban J connectivity index is 2.59. The zero-order valence-corrected chi connectivity index (χ0v) is 8.84. The second kappa shape index (κ2) is 4.24. The Morgan fingerprint density at radius 1 is 1.60 bits per heavy atom. The second-order valence-electron chi connectivity index (χ2n) is 2.08. The molecule has 0 spiro atoms. The lowest BCUT2D eigenvalue weighted by molar-refractivity contribution is 1.17. The SMILES string of the molecule is CP(I)Cc1ccccn1. The van der Waals surface area contributed by atoms with Gasteiger partial charge in [-0.3, -0.25) is 4.98 Å². The molecule has 54 valence electrons. The van der Waals surface area contributed by atoms with Crippen molar-refractivity contribution >= 4 is 27.6 Å². The number of hydrogen-bond donors (Lipinski definition) is 0. The van der Waals surface area contributed by atoms with E-state index in [0.717, 1.165) is 6.16 Å². The molecule has 1 nitrogen and oxygen atoms in total. The van der Waals surface area contributed by atoms with Crippen molar-refractivity contribution in [3.63, 3.8) is 0 Å². The molecule has 1 rings (SSSR count). The molecule has 3 heteroatoms. The quantitative estimate of drug-likeness (QED) is 0.591. The van der Waals surface area contributed by atoms with Crippen molar-refractivity contribution < 1.29 is 0 Å². The van der Waals surface area contributed by atoms with Crippen molar-refractivity contribution in [3.05, 3.63) is 30.1 Å². The number of nitrogens with zero attached hydrogens (tertiary/aromatic N) is 1. The molecule has 0 N–H and O–H groups in total. The van der Waals surface area contributed by atoms with Crippen LogP contribution in [-0.4, -0.2) is 11.6 Å². The van der Waals surface area contributed by atoms with Gasteiger partial charge in [-0.2, -0.15) is 0 Å². The van der Waals surface area contributed by atoms with E-state index < -0.39 is 0 Å². The van der Waals surface area contributed by atoms with E-state index in [1.807, 2.05) is 18.3 Å². The molecule has 0 amide bonds. The zero-order chi connectivity index (χ0) is 7.40. The van der Waals surface area contributed by atoms with Gasteiger partial charge in [-0.1, -0.05) is 28.1 Å². The average molecular weight is 265 g/mol. The smallest absolute Gasteiger partial charge is 0.0453 e. The van der Waals surface area contributed by atoms with Gasteiger partial charge in [0, 0.05) is 18.1 Å². The normalized spacial score (nSPS) is 13.0. The van der Waals surface area contributed by atoms with Gasteiger partial charge in [-0.25, -0.2) is 0 Å². The summed E-state index contributed by atoms with van der Waals surface area (Å²) in [5.41, 5.74) is 1.34. The Morgan fingerprint density at radius 2 is 2.40 bits per heavy atom. The summed E-state index contributed by atoms with van der Waals surface area (Å²) in [6, 6.07) is 6.07. The summed E-state index contributed by atoms with van der Waals surface area (Å²) < 4.78 is 0. The van der Waals surface area contributed by atoms with Crippen molar-refractivity contribution in [2.24, 2.45) is 0 Å². The van der Waals surface area contributed by atoms with Gasteiger partial charge in [0.2, 0.25) is 0 Å². The maximum absolute atomic E-state index is 4.23. The van der Waals surface area contributed by atoms with Gasteiger partial charge < -0.3 is 0 Å². The van der Waals surface area contributed by atoms with Crippen molar-refractivity contribution in [2.45, 2.75) is 6.16 Å². The molecule has 0 saturated carbocycles. The van der Waals surface area contributed by atoms with Crippen LogP contribution in [0.25, 0.3) is 0 Å². The molecule has 0 saturated heterocycles. The molecule has 0 radical (unpaired) electrons. The Kier molecular flexibility index (Phi) is 3.57. The minimum absolute atomic E-state index is 0.131. The van der Waals surface area contributed by atoms with Gasteiger partial charge >= 0.3 is 0 Å². The van der Waals surface area contributed by atoms with Crippen LogP contribution in [0.15, 0.2) is 24.4 Å². The summed E-state index contributed by atoms with van der Waals surface area (Å²) in [6.07, 6.45) is 2.99. The molecule has 0 aromatic carbocycles. The van der Waals surface area contributed by atoms with Crippen molar-refractivity contribution in [1.29, 1.82) is 0 Å². The Morgan fingerprint density at radius 3 is 2.90 bits per heavy atom. The van der Waals surface area contributed by atoms with Crippen LogP contribution in [0.1, 0.15) is 5.69 Å². The Labute approximate surface area is 75.5 Å². The molecule has 0 aliphatic carbocycles. The zero-order valence-electron chi connectivity index (χ0n) is 5.79. The first kappa shape index (κ1) is 8.41. The molecule has 0 aliphatic rings. The maximum Gasteiger partial charge on any atom is 0.0453 e. The summed E-state index contributed by atoms with van der Waals surface area (Å²) in [4.78, 5) is 4.23. The van der Waals surface area contributed by atoms with Gasteiger partial charge in [0.25, 0.3) is 0 Å². The molecule has 0 bridgehead atoms. The van der Waals surface area contributed by atoms with E-state index in [2.05, 4.69) is 39.8 Å². The van der Waals surface area contributed by atoms with Crippen molar-refractivity contribution in [1.82, 2.24) is 4.98 Å². The average Bonchev–Trinajstić information content (AvgIpc) is 1.88.